The summed E-state index contributed by atoms with van der Waals surface area (Å²) in [5, 5.41) is 9.55. The zero-order valence-electron chi connectivity index (χ0n) is 18.1. The van der Waals surface area contributed by atoms with Gasteiger partial charge in [0, 0.05) is 23.1 Å². The van der Waals surface area contributed by atoms with Crippen molar-refractivity contribution in [3.05, 3.63) is 97.6 Å². The Hall–Kier alpha value is -4.92. The first-order valence-electron chi connectivity index (χ1n) is 10.4. The molecule has 1 heterocycles. The highest BCUT2D eigenvalue weighted by molar-refractivity contribution is 5.81. The van der Waals surface area contributed by atoms with E-state index in [4.69, 9.17) is 9.47 Å². The molecule has 0 aliphatic rings. The van der Waals surface area contributed by atoms with Gasteiger partial charge in [-0.2, -0.15) is 15.0 Å². The summed E-state index contributed by atoms with van der Waals surface area (Å²) in [6, 6.07) is 26.3. The second kappa shape index (κ2) is 11.1. The minimum atomic E-state index is -0.548. The van der Waals surface area contributed by atoms with Crippen molar-refractivity contribution >= 4 is 40.9 Å². The van der Waals surface area contributed by atoms with Crippen LogP contribution in [0, 0.1) is 0 Å². The molecule has 4 rings (SSSR count). The maximum atomic E-state index is 11.1. The molecule has 0 bridgehead atoms. The normalized spacial score (nSPS) is 10.1. The summed E-state index contributed by atoms with van der Waals surface area (Å²) in [6.07, 6.45) is 1.08. The lowest BCUT2D eigenvalue weighted by molar-refractivity contribution is -0.144. The molecule has 0 spiro atoms. The Morgan fingerprint density at radius 1 is 0.706 bits per heavy atom. The van der Waals surface area contributed by atoms with Gasteiger partial charge in [-0.1, -0.05) is 43.0 Å². The van der Waals surface area contributed by atoms with Crippen LogP contribution in [0.5, 0.6) is 5.75 Å². The number of rotatable bonds is 10. The van der Waals surface area contributed by atoms with Crippen molar-refractivity contribution in [1.29, 1.82) is 0 Å². The molecule has 0 fully saturated rings. The van der Waals surface area contributed by atoms with E-state index in [9.17, 15) is 4.79 Å². The van der Waals surface area contributed by atoms with E-state index in [1.807, 2.05) is 60.7 Å². The van der Waals surface area contributed by atoms with E-state index < -0.39 is 5.97 Å². The molecule has 0 unspecified atom stereocenters. The van der Waals surface area contributed by atoms with Crippen molar-refractivity contribution in [3.63, 3.8) is 0 Å². The predicted molar refractivity (Wildman–Crippen MR) is 131 cm³/mol. The highest BCUT2D eigenvalue weighted by Crippen LogP contribution is 2.22. The topological polar surface area (TPSA) is 110 Å². The lowest BCUT2D eigenvalue weighted by atomic mass is 10.3. The number of hydrogen-bond donors (Lipinski definition) is 3. The Labute approximate surface area is 196 Å². The molecule has 3 aromatic carbocycles. The van der Waals surface area contributed by atoms with Gasteiger partial charge in [0.05, 0.1) is 0 Å². The average molecular weight is 454 g/mol. The summed E-state index contributed by atoms with van der Waals surface area (Å²) in [4.78, 5) is 24.5. The van der Waals surface area contributed by atoms with Crippen LogP contribution in [0.15, 0.2) is 97.6 Å². The molecule has 4 aromatic rings. The molecule has 0 atom stereocenters. The van der Waals surface area contributed by atoms with Crippen molar-refractivity contribution in [1.82, 2.24) is 15.0 Å². The molecule has 9 nitrogen and oxygen atoms in total. The zero-order valence-corrected chi connectivity index (χ0v) is 18.1. The van der Waals surface area contributed by atoms with E-state index in [2.05, 4.69) is 37.5 Å². The largest absolute Gasteiger partial charge is 0.457 e. The van der Waals surface area contributed by atoms with Gasteiger partial charge in [-0.25, -0.2) is 4.79 Å². The summed E-state index contributed by atoms with van der Waals surface area (Å²) in [7, 11) is 0. The maximum Gasteiger partial charge on any atom is 0.333 e. The zero-order chi connectivity index (χ0) is 23.6. The monoisotopic (exact) mass is 454 g/mol. The molecular formula is C25H22N6O3. The number of ether oxygens (including phenoxy) is 2. The minimum absolute atomic E-state index is 0.200. The first-order valence-corrected chi connectivity index (χ1v) is 10.4. The van der Waals surface area contributed by atoms with Crippen LogP contribution in [0.4, 0.5) is 34.9 Å². The Balaban J connectivity index is 1.50. The molecule has 0 saturated carbocycles. The second-order valence-electron chi connectivity index (χ2n) is 6.87. The lowest BCUT2D eigenvalue weighted by Crippen LogP contribution is -2.08. The van der Waals surface area contributed by atoms with E-state index >= 15 is 0 Å². The summed E-state index contributed by atoms with van der Waals surface area (Å²) in [5.41, 5.74) is 2.44. The highest BCUT2D eigenvalue weighted by atomic mass is 16.7. The maximum absolute atomic E-state index is 11.1. The number of carbonyl (C=O) groups excluding carboxylic acids is 1. The number of para-hydroxylation sites is 2. The van der Waals surface area contributed by atoms with Gasteiger partial charge in [0.1, 0.15) is 5.75 Å². The first-order chi connectivity index (χ1) is 16.7. The molecule has 0 amide bonds. The van der Waals surface area contributed by atoms with Crippen LogP contribution in [0.3, 0.4) is 0 Å². The molecule has 0 radical (unpaired) electrons. The number of hydrogen-bond acceptors (Lipinski definition) is 9. The van der Waals surface area contributed by atoms with E-state index in [1.165, 1.54) is 0 Å². The van der Waals surface area contributed by atoms with Crippen molar-refractivity contribution in [2.45, 2.75) is 0 Å². The van der Waals surface area contributed by atoms with Crippen molar-refractivity contribution in [2.24, 2.45) is 0 Å². The molecule has 3 N–H and O–H groups in total. The Bertz CT molecular complexity index is 1180. The lowest BCUT2D eigenvalue weighted by Gasteiger charge is -2.12. The number of nitrogens with one attached hydrogen (secondary N) is 3. The van der Waals surface area contributed by atoms with Gasteiger partial charge in [-0.05, 0) is 48.5 Å². The Kier molecular flexibility index (Phi) is 7.27. The molecule has 0 aliphatic carbocycles. The number of nitrogens with zero attached hydrogens (tertiary/aromatic N) is 3. The van der Waals surface area contributed by atoms with Crippen LogP contribution in [-0.4, -0.2) is 27.7 Å². The van der Waals surface area contributed by atoms with Crippen LogP contribution >= 0.6 is 0 Å². The fraction of sp³-hybridized carbons (Fsp3) is 0.0400. The third kappa shape index (κ3) is 6.54. The van der Waals surface area contributed by atoms with Crippen LogP contribution in [0.2, 0.25) is 0 Å². The standard InChI is InChI=1S/C25H22N6O3/c1-2-22(32)34-17-33-21-15-13-20(14-16-21)28-25-30-23(26-18-9-5-3-6-10-18)29-24(31-25)27-19-11-7-4-8-12-19/h2-16H,1,17H2,(H3,26,27,28,29,30,31). The number of aromatic nitrogens is 3. The van der Waals surface area contributed by atoms with Crippen molar-refractivity contribution < 1.29 is 14.3 Å². The van der Waals surface area contributed by atoms with Gasteiger partial charge in [0.15, 0.2) is 0 Å². The second-order valence-corrected chi connectivity index (χ2v) is 6.87. The fourth-order valence-corrected chi connectivity index (χ4v) is 2.82. The quantitative estimate of drug-likeness (QED) is 0.170. The number of anilines is 6. The van der Waals surface area contributed by atoms with Crippen molar-refractivity contribution in [2.75, 3.05) is 22.7 Å². The smallest absolute Gasteiger partial charge is 0.333 e. The summed E-state index contributed by atoms with van der Waals surface area (Å²) in [5.74, 6) is 1.10. The van der Waals surface area contributed by atoms with E-state index in [-0.39, 0.29) is 6.79 Å². The van der Waals surface area contributed by atoms with Gasteiger partial charge in [0.25, 0.3) is 0 Å². The first kappa shape index (κ1) is 22.3. The number of benzene rings is 3. The summed E-state index contributed by atoms with van der Waals surface area (Å²) < 4.78 is 10.2. The highest BCUT2D eigenvalue weighted by Gasteiger charge is 2.09. The molecule has 9 heteroatoms. The van der Waals surface area contributed by atoms with Crippen LogP contribution < -0.4 is 20.7 Å². The number of esters is 1. The van der Waals surface area contributed by atoms with Crippen LogP contribution in [0.1, 0.15) is 0 Å². The van der Waals surface area contributed by atoms with E-state index in [1.54, 1.807) is 24.3 Å². The van der Waals surface area contributed by atoms with Gasteiger partial charge < -0.3 is 25.4 Å². The van der Waals surface area contributed by atoms with Gasteiger partial charge >= 0.3 is 5.97 Å². The summed E-state index contributed by atoms with van der Waals surface area (Å²) >= 11 is 0. The Morgan fingerprint density at radius 3 is 1.59 bits per heavy atom. The number of carbonyl (C=O) groups is 1. The molecular weight excluding hydrogens is 432 g/mol. The van der Waals surface area contributed by atoms with Gasteiger partial charge in [-0.3, -0.25) is 0 Å². The predicted octanol–water partition coefficient (Wildman–Crippen LogP) is 5.17. The average Bonchev–Trinajstić information content (AvgIpc) is 2.86. The third-order valence-corrected chi connectivity index (χ3v) is 4.40. The Morgan fingerprint density at radius 2 is 1.15 bits per heavy atom. The molecule has 0 aliphatic heterocycles. The fourth-order valence-electron chi connectivity index (χ4n) is 2.82. The van der Waals surface area contributed by atoms with Crippen LogP contribution in [0.25, 0.3) is 0 Å². The van der Waals surface area contributed by atoms with E-state index in [0.29, 0.717) is 23.6 Å². The van der Waals surface area contributed by atoms with Gasteiger partial charge in [0.2, 0.25) is 24.6 Å². The molecule has 34 heavy (non-hydrogen) atoms. The molecule has 1 aromatic heterocycles. The molecule has 170 valence electrons. The SMILES string of the molecule is C=CC(=O)OCOc1ccc(Nc2nc(Nc3ccccc3)nc(Nc3ccccc3)n2)cc1. The van der Waals surface area contributed by atoms with Crippen LogP contribution in [-0.2, 0) is 9.53 Å². The minimum Gasteiger partial charge on any atom is -0.457 e. The van der Waals surface area contributed by atoms with Crippen molar-refractivity contribution in [3.8, 4) is 5.75 Å². The van der Waals surface area contributed by atoms with E-state index in [0.717, 1.165) is 23.1 Å². The summed E-state index contributed by atoms with van der Waals surface area (Å²) in [6.45, 7) is 3.13. The van der Waals surface area contributed by atoms with Gasteiger partial charge in [-0.15, -0.1) is 0 Å². The molecule has 0 saturated heterocycles. The third-order valence-electron chi connectivity index (χ3n) is 4.40.